The second kappa shape index (κ2) is 4.63. The molecule has 2 heterocycles. The molecular weight excluding hydrogens is 202 g/mol. The molecule has 0 radical (unpaired) electrons. The predicted octanol–water partition coefficient (Wildman–Crippen LogP) is -0.332. The Morgan fingerprint density at radius 3 is 2.79 bits per heavy atom. The van der Waals surface area contributed by atoms with E-state index in [1.54, 1.807) is 4.68 Å². The van der Waals surface area contributed by atoms with Crippen LogP contribution in [-0.4, -0.2) is 58.0 Å². The highest BCUT2D eigenvalue weighted by atomic mass is 32.1. The number of hydrogen-bond donors (Lipinski definition) is 1. The van der Waals surface area contributed by atoms with Gasteiger partial charge in [0.05, 0.1) is 19.8 Å². The molecule has 1 N–H and O–H groups in total. The smallest absolute Gasteiger partial charge is 0.238 e. The summed E-state index contributed by atoms with van der Waals surface area (Å²) in [5, 5.41) is 10.1. The predicted molar refractivity (Wildman–Crippen MR) is 52.5 cm³/mol. The molecule has 0 aromatic carbocycles. The highest BCUT2D eigenvalue weighted by Gasteiger charge is 2.09. The van der Waals surface area contributed by atoms with Gasteiger partial charge in [-0.15, -0.1) is 0 Å². The van der Waals surface area contributed by atoms with Crippen LogP contribution in [0.1, 0.15) is 0 Å². The van der Waals surface area contributed by atoms with Crippen LogP contribution in [0.5, 0.6) is 0 Å². The number of nitrogens with zero attached hydrogens (tertiary/aromatic N) is 4. The zero-order valence-electron chi connectivity index (χ0n) is 7.85. The van der Waals surface area contributed by atoms with Crippen LogP contribution in [0.3, 0.4) is 0 Å². The average Bonchev–Trinajstić information content (AvgIpc) is 2.63. The van der Waals surface area contributed by atoms with Crippen molar-refractivity contribution in [2.75, 3.05) is 32.8 Å². The lowest BCUT2D eigenvalue weighted by Crippen LogP contribution is -2.38. The standard InChI is InChI=1S/C7H13N5OS/c14-7-8-9-10-12(7)2-1-11-3-5-13-6-4-11/h1-6H2,(H,8,10,14). The van der Waals surface area contributed by atoms with Crippen molar-refractivity contribution in [3.8, 4) is 0 Å². The second-order valence-electron chi connectivity index (χ2n) is 3.19. The van der Waals surface area contributed by atoms with Gasteiger partial charge in [0.15, 0.2) is 0 Å². The van der Waals surface area contributed by atoms with Gasteiger partial charge in [-0.2, -0.15) is 5.21 Å². The summed E-state index contributed by atoms with van der Waals surface area (Å²) >= 11 is 4.97. The van der Waals surface area contributed by atoms with Gasteiger partial charge in [-0.05, 0) is 12.2 Å². The van der Waals surface area contributed by atoms with Gasteiger partial charge in [0.2, 0.25) is 4.77 Å². The average molecular weight is 215 g/mol. The number of aromatic nitrogens is 4. The van der Waals surface area contributed by atoms with Gasteiger partial charge in [-0.25, -0.2) is 4.68 Å². The van der Waals surface area contributed by atoms with Gasteiger partial charge >= 0.3 is 0 Å². The van der Waals surface area contributed by atoms with Gasteiger partial charge < -0.3 is 4.74 Å². The zero-order valence-corrected chi connectivity index (χ0v) is 8.66. The van der Waals surface area contributed by atoms with Crippen LogP contribution < -0.4 is 0 Å². The Morgan fingerprint density at radius 2 is 2.14 bits per heavy atom. The molecule has 1 aliphatic rings. The molecule has 14 heavy (non-hydrogen) atoms. The molecule has 2 rings (SSSR count). The minimum absolute atomic E-state index is 0.512. The molecule has 7 heteroatoms. The quantitative estimate of drug-likeness (QED) is 0.700. The van der Waals surface area contributed by atoms with Crippen LogP contribution in [0.4, 0.5) is 0 Å². The van der Waals surface area contributed by atoms with Crippen LogP contribution in [0.15, 0.2) is 0 Å². The molecule has 0 spiro atoms. The molecule has 1 fully saturated rings. The molecular formula is C7H13N5OS. The fourth-order valence-corrected chi connectivity index (χ4v) is 1.60. The van der Waals surface area contributed by atoms with Crippen molar-refractivity contribution in [1.29, 1.82) is 0 Å². The van der Waals surface area contributed by atoms with E-state index in [9.17, 15) is 0 Å². The summed E-state index contributed by atoms with van der Waals surface area (Å²) in [5.41, 5.74) is 0. The SMILES string of the molecule is S=c1nn[nH]n1CCN1CCOCC1. The van der Waals surface area contributed by atoms with Crippen LogP contribution in [0.25, 0.3) is 0 Å². The summed E-state index contributed by atoms with van der Waals surface area (Å²) in [7, 11) is 0. The lowest BCUT2D eigenvalue weighted by atomic mass is 10.4. The number of ether oxygens (including phenoxy) is 1. The van der Waals surface area contributed by atoms with E-state index in [4.69, 9.17) is 17.0 Å². The van der Waals surface area contributed by atoms with Crippen molar-refractivity contribution in [3.63, 3.8) is 0 Å². The first-order chi connectivity index (χ1) is 6.86. The summed E-state index contributed by atoms with van der Waals surface area (Å²) in [4.78, 5) is 2.34. The minimum Gasteiger partial charge on any atom is -0.379 e. The van der Waals surface area contributed by atoms with Crippen molar-refractivity contribution in [3.05, 3.63) is 4.77 Å². The number of rotatable bonds is 3. The number of H-pyrrole nitrogens is 1. The maximum Gasteiger partial charge on any atom is 0.238 e. The van der Waals surface area contributed by atoms with E-state index in [1.165, 1.54) is 0 Å². The molecule has 1 aliphatic heterocycles. The third kappa shape index (κ3) is 2.37. The van der Waals surface area contributed by atoms with Crippen LogP contribution in [-0.2, 0) is 11.3 Å². The van der Waals surface area contributed by atoms with Crippen molar-refractivity contribution < 1.29 is 4.74 Å². The Labute approximate surface area is 86.8 Å². The van der Waals surface area contributed by atoms with E-state index in [0.29, 0.717) is 4.77 Å². The Bertz CT molecular complexity index is 329. The first kappa shape index (κ1) is 9.75. The van der Waals surface area contributed by atoms with Crippen LogP contribution in [0.2, 0.25) is 0 Å². The highest BCUT2D eigenvalue weighted by molar-refractivity contribution is 7.71. The molecule has 1 saturated heterocycles. The van der Waals surface area contributed by atoms with Gasteiger partial charge in [0.25, 0.3) is 0 Å². The minimum atomic E-state index is 0.512. The third-order valence-electron chi connectivity index (χ3n) is 2.28. The summed E-state index contributed by atoms with van der Waals surface area (Å²) in [5.74, 6) is 0. The number of hydrogen-bond acceptors (Lipinski definition) is 5. The maximum absolute atomic E-state index is 5.26. The Morgan fingerprint density at radius 1 is 1.36 bits per heavy atom. The van der Waals surface area contributed by atoms with E-state index < -0.39 is 0 Å². The number of morpholine rings is 1. The number of aromatic amines is 1. The largest absolute Gasteiger partial charge is 0.379 e. The van der Waals surface area contributed by atoms with Crippen molar-refractivity contribution in [2.24, 2.45) is 0 Å². The lowest BCUT2D eigenvalue weighted by Gasteiger charge is -2.26. The van der Waals surface area contributed by atoms with Crippen molar-refractivity contribution in [2.45, 2.75) is 6.54 Å². The topological polar surface area (TPSA) is 59.0 Å². The highest BCUT2D eigenvalue weighted by Crippen LogP contribution is 1.96. The van der Waals surface area contributed by atoms with Gasteiger partial charge in [-0.1, -0.05) is 10.3 Å². The molecule has 1 aromatic rings. The van der Waals surface area contributed by atoms with E-state index in [-0.39, 0.29) is 0 Å². The van der Waals surface area contributed by atoms with E-state index in [0.717, 1.165) is 39.4 Å². The zero-order chi connectivity index (χ0) is 9.80. The molecule has 78 valence electrons. The van der Waals surface area contributed by atoms with Gasteiger partial charge in [0.1, 0.15) is 0 Å². The molecule has 0 atom stereocenters. The summed E-state index contributed by atoms with van der Waals surface area (Å²) in [6.45, 7) is 5.41. The normalized spacial score (nSPS) is 18.6. The first-order valence-corrected chi connectivity index (χ1v) is 5.05. The third-order valence-corrected chi connectivity index (χ3v) is 2.58. The van der Waals surface area contributed by atoms with E-state index >= 15 is 0 Å². The fourth-order valence-electron chi connectivity index (χ4n) is 1.43. The summed E-state index contributed by atoms with van der Waals surface area (Å²) in [6, 6.07) is 0. The number of tetrazole rings is 1. The lowest BCUT2D eigenvalue weighted by molar-refractivity contribution is 0.0358. The van der Waals surface area contributed by atoms with E-state index in [2.05, 4.69) is 20.4 Å². The molecule has 0 saturated carbocycles. The molecule has 0 amide bonds. The van der Waals surface area contributed by atoms with E-state index in [1.807, 2.05) is 0 Å². The van der Waals surface area contributed by atoms with Crippen molar-refractivity contribution in [1.82, 2.24) is 25.1 Å². The van der Waals surface area contributed by atoms with Crippen molar-refractivity contribution >= 4 is 12.2 Å². The summed E-state index contributed by atoms with van der Waals surface area (Å²) in [6.07, 6.45) is 0. The summed E-state index contributed by atoms with van der Waals surface area (Å²) < 4.78 is 7.54. The van der Waals surface area contributed by atoms with Crippen LogP contribution >= 0.6 is 12.2 Å². The Balaban J connectivity index is 1.82. The molecule has 0 unspecified atom stereocenters. The molecule has 1 aromatic heterocycles. The number of nitrogens with one attached hydrogen (secondary N) is 1. The van der Waals surface area contributed by atoms with Gasteiger partial charge in [-0.3, -0.25) is 4.90 Å². The monoisotopic (exact) mass is 215 g/mol. The maximum atomic E-state index is 5.26. The molecule has 0 bridgehead atoms. The molecule has 0 aliphatic carbocycles. The Hall–Kier alpha value is -0.790. The van der Waals surface area contributed by atoms with Crippen LogP contribution in [0, 0.1) is 4.77 Å². The van der Waals surface area contributed by atoms with Gasteiger partial charge in [0, 0.05) is 19.6 Å². The fraction of sp³-hybridized carbons (Fsp3) is 0.857. The molecule has 6 nitrogen and oxygen atoms in total. The Kier molecular flexibility index (Phi) is 3.22. The second-order valence-corrected chi connectivity index (χ2v) is 3.55. The first-order valence-electron chi connectivity index (χ1n) is 4.64.